The van der Waals surface area contributed by atoms with Gasteiger partial charge in [0.05, 0.1) is 11.8 Å². The van der Waals surface area contributed by atoms with E-state index < -0.39 is 10.0 Å². The van der Waals surface area contributed by atoms with Gasteiger partial charge in [-0.3, -0.25) is 9.89 Å². The minimum atomic E-state index is -3.25. The predicted octanol–water partition coefficient (Wildman–Crippen LogP) is 2.30. The number of aliphatic imine (C=N–C) groups is 1. The van der Waals surface area contributed by atoms with Crippen molar-refractivity contribution in [2.45, 2.75) is 31.2 Å². The first-order chi connectivity index (χ1) is 14.5. The maximum atomic E-state index is 11.7. The van der Waals surface area contributed by atoms with Gasteiger partial charge in [0, 0.05) is 25.0 Å². The van der Waals surface area contributed by atoms with Gasteiger partial charge < -0.3 is 10.6 Å². The van der Waals surface area contributed by atoms with Gasteiger partial charge in [-0.15, -0.1) is 11.3 Å². The first kappa shape index (κ1) is 22.7. The van der Waals surface area contributed by atoms with Gasteiger partial charge in [-0.05, 0) is 55.6 Å². The molecule has 0 bridgehead atoms. The third-order valence-electron chi connectivity index (χ3n) is 5.29. The summed E-state index contributed by atoms with van der Waals surface area (Å²) in [5.41, 5.74) is 1.83. The molecule has 30 heavy (non-hydrogen) atoms. The summed E-state index contributed by atoms with van der Waals surface area (Å²) in [6.07, 6.45) is 2.53. The van der Waals surface area contributed by atoms with Crippen LogP contribution in [0.15, 0.2) is 46.8 Å². The standard InChI is InChI=1S/C21H31N5O2S2/c1-22-21(24-14-17-7-9-18(10-8-17)16-30(27,28)23-2)25-15-19(20-6-5-13-29-20)26-11-3-4-12-26/h5-10,13,19,23H,3-4,11-12,14-16H2,1-2H3,(H2,22,24,25). The van der Waals surface area contributed by atoms with Crippen LogP contribution < -0.4 is 15.4 Å². The Morgan fingerprint density at radius 3 is 2.43 bits per heavy atom. The van der Waals surface area contributed by atoms with E-state index in [9.17, 15) is 8.42 Å². The molecule has 3 N–H and O–H groups in total. The molecule has 1 saturated heterocycles. The van der Waals surface area contributed by atoms with Gasteiger partial charge in [0.25, 0.3) is 0 Å². The van der Waals surface area contributed by atoms with Crippen LogP contribution in [0, 0.1) is 0 Å². The molecule has 0 saturated carbocycles. The van der Waals surface area contributed by atoms with Gasteiger partial charge in [0.2, 0.25) is 10.0 Å². The molecule has 3 rings (SSSR count). The third kappa shape index (κ3) is 6.53. The number of hydrogen-bond acceptors (Lipinski definition) is 5. The minimum Gasteiger partial charge on any atom is -0.354 e. The van der Waals surface area contributed by atoms with E-state index in [0.717, 1.165) is 36.7 Å². The Morgan fingerprint density at radius 2 is 1.83 bits per heavy atom. The first-order valence-corrected chi connectivity index (χ1v) is 12.7. The van der Waals surface area contributed by atoms with Crippen molar-refractivity contribution in [3.8, 4) is 0 Å². The Hall–Kier alpha value is -1.94. The number of nitrogens with one attached hydrogen (secondary N) is 3. The van der Waals surface area contributed by atoms with Crippen molar-refractivity contribution in [1.82, 2.24) is 20.3 Å². The fourth-order valence-corrected chi connectivity index (χ4v) is 5.22. The fraction of sp³-hybridized carbons (Fsp3) is 0.476. The van der Waals surface area contributed by atoms with Gasteiger partial charge in [-0.2, -0.15) is 0 Å². The lowest BCUT2D eigenvalue weighted by Gasteiger charge is -2.27. The number of guanidine groups is 1. The quantitative estimate of drug-likeness (QED) is 0.404. The van der Waals surface area contributed by atoms with Crippen LogP contribution in [0.3, 0.4) is 0 Å². The largest absolute Gasteiger partial charge is 0.354 e. The summed E-state index contributed by atoms with van der Waals surface area (Å²) < 4.78 is 25.7. The van der Waals surface area contributed by atoms with Crippen molar-refractivity contribution >= 4 is 27.3 Å². The molecule has 0 amide bonds. The number of likely N-dealkylation sites (tertiary alicyclic amines) is 1. The highest BCUT2D eigenvalue weighted by molar-refractivity contribution is 7.88. The van der Waals surface area contributed by atoms with E-state index in [1.54, 1.807) is 18.4 Å². The molecule has 0 radical (unpaired) electrons. The molecule has 1 aliphatic rings. The molecule has 1 atom stereocenters. The number of hydrogen-bond donors (Lipinski definition) is 3. The van der Waals surface area contributed by atoms with Crippen LogP contribution in [0.25, 0.3) is 0 Å². The van der Waals surface area contributed by atoms with E-state index in [1.165, 1.54) is 24.8 Å². The van der Waals surface area contributed by atoms with Crippen LogP contribution in [-0.2, 0) is 22.3 Å². The molecule has 2 aromatic rings. The molecule has 0 aliphatic carbocycles. The van der Waals surface area contributed by atoms with Gasteiger partial charge in [-0.25, -0.2) is 13.1 Å². The summed E-state index contributed by atoms with van der Waals surface area (Å²) in [5.74, 6) is 0.749. The monoisotopic (exact) mass is 449 g/mol. The van der Waals surface area contributed by atoms with Crippen molar-refractivity contribution in [1.29, 1.82) is 0 Å². The molecular formula is C21H31N5O2S2. The molecule has 2 heterocycles. The van der Waals surface area contributed by atoms with Crippen LogP contribution in [0.5, 0.6) is 0 Å². The number of thiophene rings is 1. The second kappa shape index (κ2) is 10.9. The normalized spacial score (nSPS) is 16.5. The predicted molar refractivity (Wildman–Crippen MR) is 124 cm³/mol. The third-order valence-corrected chi connectivity index (χ3v) is 7.60. The second-order valence-electron chi connectivity index (χ2n) is 7.36. The zero-order chi connectivity index (χ0) is 21.4. The summed E-state index contributed by atoms with van der Waals surface area (Å²) in [7, 11) is -0.0500. The topological polar surface area (TPSA) is 85.8 Å². The van der Waals surface area contributed by atoms with Gasteiger partial charge >= 0.3 is 0 Å². The number of benzene rings is 1. The number of sulfonamides is 1. The summed E-state index contributed by atoms with van der Waals surface area (Å²) in [4.78, 5) is 8.28. The molecule has 0 spiro atoms. The Morgan fingerprint density at radius 1 is 1.13 bits per heavy atom. The zero-order valence-corrected chi connectivity index (χ0v) is 19.2. The van der Waals surface area contributed by atoms with E-state index in [4.69, 9.17) is 0 Å². The van der Waals surface area contributed by atoms with Crippen LogP contribution in [0.1, 0.15) is 34.9 Å². The average Bonchev–Trinajstić information content (AvgIpc) is 3.46. The number of nitrogens with zero attached hydrogens (tertiary/aromatic N) is 2. The van der Waals surface area contributed by atoms with E-state index >= 15 is 0 Å². The van der Waals surface area contributed by atoms with Crippen molar-refractivity contribution < 1.29 is 8.42 Å². The molecule has 1 fully saturated rings. The van der Waals surface area contributed by atoms with E-state index in [0.29, 0.717) is 12.6 Å². The lowest BCUT2D eigenvalue weighted by atomic mass is 10.1. The van der Waals surface area contributed by atoms with E-state index in [-0.39, 0.29) is 5.75 Å². The summed E-state index contributed by atoms with van der Waals surface area (Å²) in [6.45, 7) is 3.71. The lowest BCUT2D eigenvalue weighted by molar-refractivity contribution is 0.249. The molecule has 7 nitrogen and oxygen atoms in total. The molecule has 1 aromatic heterocycles. The molecule has 1 aromatic carbocycles. The maximum absolute atomic E-state index is 11.7. The van der Waals surface area contributed by atoms with Crippen molar-refractivity contribution in [2.75, 3.05) is 33.7 Å². The van der Waals surface area contributed by atoms with Crippen molar-refractivity contribution in [2.24, 2.45) is 4.99 Å². The zero-order valence-electron chi connectivity index (χ0n) is 17.6. The fourth-order valence-electron chi connectivity index (χ4n) is 3.59. The van der Waals surface area contributed by atoms with Crippen LogP contribution >= 0.6 is 11.3 Å². The van der Waals surface area contributed by atoms with Crippen molar-refractivity contribution in [3.05, 3.63) is 57.8 Å². The average molecular weight is 450 g/mol. The molecule has 164 valence electrons. The second-order valence-corrected chi connectivity index (χ2v) is 10.3. The smallest absolute Gasteiger partial charge is 0.215 e. The summed E-state index contributed by atoms with van der Waals surface area (Å²) >= 11 is 1.80. The van der Waals surface area contributed by atoms with Gasteiger partial charge in [-0.1, -0.05) is 30.3 Å². The van der Waals surface area contributed by atoms with Crippen LogP contribution in [0.2, 0.25) is 0 Å². The Bertz CT molecular complexity index is 905. The highest BCUT2D eigenvalue weighted by Crippen LogP contribution is 2.27. The summed E-state index contributed by atoms with van der Waals surface area (Å²) in [6, 6.07) is 12.3. The maximum Gasteiger partial charge on any atom is 0.215 e. The van der Waals surface area contributed by atoms with Crippen LogP contribution in [0.4, 0.5) is 0 Å². The Kier molecular flexibility index (Phi) is 8.26. The van der Waals surface area contributed by atoms with Gasteiger partial charge in [0.1, 0.15) is 0 Å². The first-order valence-electron chi connectivity index (χ1n) is 10.2. The highest BCUT2D eigenvalue weighted by Gasteiger charge is 2.24. The number of rotatable bonds is 9. The molecule has 9 heteroatoms. The highest BCUT2D eigenvalue weighted by atomic mass is 32.2. The SMILES string of the molecule is CN=C(NCc1ccc(CS(=O)(=O)NC)cc1)NCC(c1cccs1)N1CCCC1. The molecular weight excluding hydrogens is 418 g/mol. The molecule has 1 aliphatic heterocycles. The minimum absolute atomic E-state index is 0.0129. The lowest BCUT2D eigenvalue weighted by Crippen LogP contribution is -2.42. The molecule has 1 unspecified atom stereocenters. The summed E-state index contributed by atoms with van der Waals surface area (Å²) in [5, 5.41) is 8.96. The van der Waals surface area contributed by atoms with E-state index in [2.05, 4.69) is 42.8 Å². The van der Waals surface area contributed by atoms with Crippen LogP contribution in [-0.4, -0.2) is 53.0 Å². The Labute approximate surface area is 183 Å². The van der Waals surface area contributed by atoms with Crippen molar-refractivity contribution in [3.63, 3.8) is 0 Å². The Balaban J connectivity index is 1.53. The van der Waals surface area contributed by atoms with Gasteiger partial charge in [0.15, 0.2) is 5.96 Å². The van der Waals surface area contributed by atoms with E-state index in [1.807, 2.05) is 24.3 Å².